The van der Waals surface area contributed by atoms with Crippen molar-refractivity contribution in [3.63, 3.8) is 0 Å². The summed E-state index contributed by atoms with van der Waals surface area (Å²) in [5.41, 5.74) is 7.78. The van der Waals surface area contributed by atoms with Crippen LogP contribution < -0.4 is 11.1 Å². The fourth-order valence-corrected chi connectivity index (χ4v) is 2.10. The number of rotatable bonds is 3. The maximum absolute atomic E-state index is 11.8. The first kappa shape index (κ1) is 16.1. The van der Waals surface area contributed by atoms with Crippen LogP contribution in [0.2, 0.25) is 0 Å². The second-order valence-electron chi connectivity index (χ2n) is 4.99. The van der Waals surface area contributed by atoms with Gasteiger partial charge in [0.1, 0.15) is 0 Å². The summed E-state index contributed by atoms with van der Waals surface area (Å²) in [6.07, 6.45) is 1.66. The molecular weight excluding hydrogens is 294 g/mol. The Bertz CT molecular complexity index is 797. The van der Waals surface area contributed by atoms with Gasteiger partial charge in [-0.15, -0.1) is 0 Å². The molecule has 0 saturated carbocycles. The van der Waals surface area contributed by atoms with Crippen molar-refractivity contribution >= 4 is 17.9 Å². The number of phenols is 2. The van der Waals surface area contributed by atoms with Crippen LogP contribution in [0, 0.1) is 5.41 Å². The van der Waals surface area contributed by atoms with Crippen LogP contribution in [0.5, 0.6) is 11.5 Å². The first-order chi connectivity index (χ1) is 10.9. The molecule has 6 nitrogen and oxygen atoms in total. The second kappa shape index (κ2) is 6.65. The molecule has 0 heterocycles. The highest BCUT2D eigenvalue weighted by Crippen LogP contribution is 2.32. The monoisotopic (exact) mass is 311 g/mol. The molecule has 2 aromatic carbocycles. The quantitative estimate of drug-likeness (QED) is 0.258. The molecule has 0 aliphatic rings. The SMILES string of the molecule is C/C(=C\c1ccccc1-c1ccc(O)c(O)c1)C(=O)NC(=N)N. The molecule has 23 heavy (non-hydrogen) atoms. The highest BCUT2D eigenvalue weighted by molar-refractivity contribution is 6.06. The summed E-state index contributed by atoms with van der Waals surface area (Å²) in [6.45, 7) is 1.61. The molecule has 0 aromatic heterocycles. The van der Waals surface area contributed by atoms with Crippen LogP contribution in [0.4, 0.5) is 0 Å². The largest absolute Gasteiger partial charge is 0.504 e. The smallest absolute Gasteiger partial charge is 0.253 e. The van der Waals surface area contributed by atoms with Crippen LogP contribution in [-0.2, 0) is 4.79 Å². The van der Waals surface area contributed by atoms with Gasteiger partial charge in [0.25, 0.3) is 5.91 Å². The number of carbonyl (C=O) groups is 1. The minimum Gasteiger partial charge on any atom is -0.504 e. The number of guanidine groups is 1. The lowest BCUT2D eigenvalue weighted by Gasteiger charge is -2.09. The van der Waals surface area contributed by atoms with Gasteiger partial charge in [0.2, 0.25) is 0 Å². The number of aromatic hydroxyl groups is 2. The fourth-order valence-electron chi connectivity index (χ4n) is 2.10. The van der Waals surface area contributed by atoms with E-state index in [1.54, 1.807) is 19.1 Å². The highest BCUT2D eigenvalue weighted by atomic mass is 16.3. The van der Waals surface area contributed by atoms with Crippen molar-refractivity contribution in [3.05, 3.63) is 53.6 Å². The summed E-state index contributed by atoms with van der Waals surface area (Å²) in [6, 6.07) is 11.9. The number of hydrogen-bond acceptors (Lipinski definition) is 4. The van der Waals surface area contributed by atoms with Gasteiger partial charge < -0.3 is 15.9 Å². The van der Waals surface area contributed by atoms with Gasteiger partial charge in [-0.3, -0.25) is 15.5 Å². The van der Waals surface area contributed by atoms with Gasteiger partial charge in [-0.25, -0.2) is 0 Å². The summed E-state index contributed by atoms with van der Waals surface area (Å²) in [5, 5.41) is 28.4. The lowest BCUT2D eigenvalue weighted by molar-refractivity contribution is -0.116. The van der Waals surface area contributed by atoms with Gasteiger partial charge in [0.15, 0.2) is 17.5 Å². The normalized spacial score (nSPS) is 11.1. The number of carbonyl (C=O) groups excluding carboxylic acids is 1. The van der Waals surface area contributed by atoms with Gasteiger partial charge in [-0.05, 0) is 41.8 Å². The minimum atomic E-state index is -0.458. The van der Waals surface area contributed by atoms with Gasteiger partial charge in [0.05, 0.1) is 0 Å². The van der Waals surface area contributed by atoms with E-state index >= 15 is 0 Å². The Morgan fingerprint density at radius 3 is 2.52 bits per heavy atom. The maximum Gasteiger partial charge on any atom is 0.253 e. The highest BCUT2D eigenvalue weighted by Gasteiger charge is 2.09. The number of phenolic OH excluding ortho intramolecular Hbond substituents is 2. The molecule has 0 radical (unpaired) electrons. The Labute approximate surface area is 133 Å². The average molecular weight is 311 g/mol. The summed E-state index contributed by atoms with van der Waals surface area (Å²) in [5.74, 6) is -1.29. The van der Waals surface area contributed by atoms with Crippen molar-refractivity contribution in [1.82, 2.24) is 5.32 Å². The standard InChI is InChI=1S/C17H17N3O3/c1-10(16(23)20-17(18)19)8-11-4-2-3-5-13(11)12-6-7-14(21)15(22)9-12/h2-9,21-22H,1H3,(H4,18,19,20,23)/b10-8+. The third kappa shape index (κ3) is 3.88. The number of nitrogens with one attached hydrogen (secondary N) is 2. The zero-order valence-electron chi connectivity index (χ0n) is 12.5. The second-order valence-corrected chi connectivity index (χ2v) is 4.99. The van der Waals surface area contributed by atoms with Crippen molar-refractivity contribution in [2.24, 2.45) is 5.73 Å². The third-order valence-electron chi connectivity index (χ3n) is 3.23. The topological polar surface area (TPSA) is 119 Å². The zero-order chi connectivity index (χ0) is 17.0. The van der Waals surface area contributed by atoms with Gasteiger partial charge in [-0.2, -0.15) is 0 Å². The molecule has 0 aliphatic heterocycles. The molecule has 0 fully saturated rings. The first-order valence-electron chi connectivity index (χ1n) is 6.83. The summed E-state index contributed by atoms with van der Waals surface area (Å²) < 4.78 is 0. The molecule has 6 N–H and O–H groups in total. The lowest BCUT2D eigenvalue weighted by atomic mass is 9.98. The van der Waals surface area contributed by atoms with Crippen LogP contribution in [0.3, 0.4) is 0 Å². The third-order valence-corrected chi connectivity index (χ3v) is 3.23. The van der Waals surface area contributed by atoms with E-state index in [0.29, 0.717) is 11.1 Å². The molecular formula is C17H17N3O3. The van der Waals surface area contributed by atoms with E-state index in [1.165, 1.54) is 12.1 Å². The predicted molar refractivity (Wildman–Crippen MR) is 88.9 cm³/mol. The molecule has 1 amide bonds. The van der Waals surface area contributed by atoms with E-state index in [1.807, 2.05) is 24.3 Å². The summed E-state index contributed by atoms with van der Waals surface area (Å²) in [4.78, 5) is 11.8. The molecule has 0 aliphatic carbocycles. The van der Waals surface area contributed by atoms with E-state index in [-0.39, 0.29) is 11.5 Å². The Kier molecular flexibility index (Phi) is 4.66. The van der Waals surface area contributed by atoms with E-state index < -0.39 is 11.9 Å². The lowest BCUT2D eigenvalue weighted by Crippen LogP contribution is -2.36. The van der Waals surface area contributed by atoms with E-state index in [0.717, 1.165) is 11.1 Å². The summed E-state index contributed by atoms with van der Waals surface area (Å²) >= 11 is 0. The van der Waals surface area contributed by atoms with Crippen molar-refractivity contribution < 1.29 is 15.0 Å². The molecule has 0 spiro atoms. The molecule has 6 heteroatoms. The Morgan fingerprint density at radius 1 is 1.17 bits per heavy atom. The zero-order valence-corrected chi connectivity index (χ0v) is 12.5. The molecule has 118 valence electrons. The number of nitrogens with two attached hydrogens (primary N) is 1. The van der Waals surface area contributed by atoms with Crippen LogP contribution in [0.1, 0.15) is 12.5 Å². The molecule has 2 rings (SSSR count). The predicted octanol–water partition coefficient (Wildman–Crippen LogP) is 2.18. The molecule has 2 aromatic rings. The van der Waals surface area contributed by atoms with Gasteiger partial charge >= 0.3 is 0 Å². The van der Waals surface area contributed by atoms with Crippen LogP contribution in [-0.4, -0.2) is 22.1 Å². The molecule has 0 saturated heterocycles. The van der Waals surface area contributed by atoms with Crippen LogP contribution in [0.25, 0.3) is 17.2 Å². The maximum atomic E-state index is 11.8. The Hall–Kier alpha value is -3.28. The average Bonchev–Trinajstić information content (AvgIpc) is 2.50. The molecule has 0 unspecified atom stereocenters. The Balaban J connectivity index is 2.43. The minimum absolute atomic E-state index is 0.196. The first-order valence-corrected chi connectivity index (χ1v) is 6.83. The number of amides is 1. The van der Waals surface area contributed by atoms with E-state index in [9.17, 15) is 15.0 Å². The van der Waals surface area contributed by atoms with Gasteiger partial charge in [0, 0.05) is 5.57 Å². The van der Waals surface area contributed by atoms with Crippen molar-refractivity contribution in [2.45, 2.75) is 6.92 Å². The van der Waals surface area contributed by atoms with Gasteiger partial charge in [-0.1, -0.05) is 30.3 Å². The van der Waals surface area contributed by atoms with Crippen molar-refractivity contribution in [1.29, 1.82) is 5.41 Å². The van der Waals surface area contributed by atoms with Crippen LogP contribution in [0.15, 0.2) is 48.0 Å². The van der Waals surface area contributed by atoms with Crippen molar-refractivity contribution in [2.75, 3.05) is 0 Å². The van der Waals surface area contributed by atoms with E-state index in [2.05, 4.69) is 5.32 Å². The molecule has 0 bridgehead atoms. The van der Waals surface area contributed by atoms with E-state index in [4.69, 9.17) is 11.1 Å². The number of benzene rings is 2. The van der Waals surface area contributed by atoms with Crippen LogP contribution >= 0.6 is 0 Å². The van der Waals surface area contributed by atoms with Crippen molar-refractivity contribution in [3.8, 4) is 22.6 Å². The fraction of sp³-hybridized carbons (Fsp3) is 0.0588. The summed E-state index contributed by atoms with van der Waals surface area (Å²) in [7, 11) is 0. The Morgan fingerprint density at radius 2 is 1.87 bits per heavy atom. The number of hydrogen-bond donors (Lipinski definition) is 5. The molecule has 0 atom stereocenters.